The summed E-state index contributed by atoms with van der Waals surface area (Å²) >= 11 is 0. The molecule has 5 aromatic rings. The lowest BCUT2D eigenvalue weighted by Gasteiger charge is -2.27. The van der Waals surface area contributed by atoms with Gasteiger partial charge in [0, 0.05) is 5.41 Å². The summed E-state index contributed by atoms with van der Waals surface area (Å²) in [6, 6.07) is 40.9. The van der Waals surface area contributed by atoms with Crippen LogP contribution in [-0.4, -0.2) is 0 Å². The maximum atomic E-state index is 2.49. The van der Waals surface area contributed by atoms with Crippen LogP contribution in [0.2, 0.25) is 0 Å². The average molecular weight is 535 g/mol. The third-order valence-corrected chi connectivity index (χ3v) is 8.96. The minimum absolute atomic E-state index is 0.0322. The molecule has 1 aliphatic rings. The molecule has 0 heterocycles. The maximum Gasteiger partial charge on any atom is 0.0159 e. The number of hydrogen-bond donors (Lipinski definition) is 0. The summed E-state index contributed by atoms with van der Waals surface area (Å²) < 4.78 is 0. The van der Waals surface area contributed by atoms with Crippen molar-refractivity contribution in [1.29, 1.82) is 0 Å². The predicted octanol–water partition coefficient (Wildman–Crippen LogP) is 11.6. The van der Waals surface area contributed by atoms with E-state index in [1.807, 2.05) is 0 Å². The molecule has 0 bridgehead atoms. The Balaban J connectivity index is 1.68. The van der Waals surface area contributed by atoms with Gasteiger partial charge in [-0.3, -0.25) is 0 Å². The van der Waals surface area contributed by atoms with Crippen molar-refractivity contribution in [2.24, 2.45) is 0 Å². The SMILES string of the molecule is CC(C)(C)c1ccc2c(c1)C(C)(C)c1cc(C(C)(C)C)cc(-c3cc(-c4ccccc4)cc(-c4ccccc4)c3)c1-2. The fourth-order valence-electron chi connectivity index (χ4n) is 6.35. The van der Waals surface area contributed by atoms with Gasteiger partial charge in [0.05, 0.1) is 0 Å². The summed E-state index contributed by atoms with van der Waals surface area (Å²) in [5.41, 5.74) is 16.1. The van der Waals surface area contributed by atoms with Crippen molar-refractivity contribution in [1.82, 2.24) is 0 Å². The molecule has 0 heteroatoms. The number of hydrogen-bond acceptors (Lipinski definition) is 0. The van der Waals surface area contributed by atoms with Crippen molar-refractivity contribution >= 4 is 0 Å². The molecule has 0 amide bonds. The summed E-state index contributed by atoms with van der Waals surface area (Å²) in [6.45, 7) is 18.8. The van der Waals surface area contributed by atoms with Crippen molar-refractivity contribution in [3.63, 3.8) is 0 Å². The highest BCUT2D eigenvalue weighted by Gasteiger charge is 2.39. The summed E-state index contributed by atoms with van der Waals surface area (Å²) in [6.07, 6.45) is 0. The third-order valence-electron chi connectivity index (χ3n) is 8.96. The highest BCUT2D eigenvalue weighted by molar-refractivity contribution is 5.95. The number of fused-ring (bicyclic) bond motifs is 3. The molecule has 1 aliphatic carbocycles. The standard InChI is InChI=1S/C41H42/c1-39(2,3)32-19-20-34-36(25-32)41(7,8)37-26-33(40(4,5)6)24-35(38(34)37)31-22-29(27-15-11-9-12-16-27)21-30(23-31)28-17-13-10-14-18-28/h9-26H,1-8H3. The number of benzene rings is 5. The topological polar surface area (TPSA) is 0 Å². The van der Waals surface area contributed by atoms with E-state index in [2.05, 4.69) is 165 Å². The van der Waals surface area contributed by atoms with Crippen LogP contribution in [0.1, 0.15) is 77.6 Å². The van der Waals surface area contributed by atoms with E-state index in [9.17, 15) is 0 Å². The Kier molecular flexibility index (Phi) is 6.38. The zero-order chi connectivity index (χ0) is 29.2. The molecular formula is C41H42. The molecule has 5 aromatic carbocycles. The monoisotopic (exact) mass is 534 g/mol. The van der Waals surface area contributed by atoms with Gasteiger partial charge in [-0.05, 0) is 102 Å². The summed E-state index contributed by atoms with van der Waals surface area (Å²) in [4.78, 5) is 0. The van der Waals surface area contributed by atoms with Crippen LogP contribution in [0.25, 0.3) is 44.5 Å². The van der Waals surface area contributed by atoms with Crippen molar-refractivity contribution in [3.8, 4) is 44.5 Å². The van der Waals surface area contributed by atoms with Gasteiger partial charge in [-0.1, -0.05) is 140 Å². The van der Waals surface area contributed by atoms with Gasteiger partial charge in [0.15, 0.2) is 0 Å². The molecular weight excluding hydrogens is 492 g/mol. The van der Waals surface area contributed by atoms with Crippen LogP contribution in [0, 0.1) is 0 Å². The lowest BCUT2D eigenvalue weighted by Crippen LogP contribution is -2.19. The fourth-order valence-corrected chi connectivity index (χ4v) is 6.35. The van der Waals surface area contributed by atoms with Crippen LogP contribution < -0.4 is 0 Å². The van der Waals surface area contributed by atoms with Crippen LogP contribution in [0.4, 0.5) is 0 Å². The first-order valence-corrected chi connectivity index (χ1v) is 14.9. The Morgan fingerprint density at radius 3 is 1.41 bits per heavy atom. The molecule has 0 aliphatic heterocycles. The van der Waals surface area contributed by atoms with Crippen molar-refractivity contribution in [3.05, 3.63) is 131 Å². The van der Waals surface area contributed by atoms with Crippen molar-refractivity contribution < 1.29 is 0 Å². The van der Waals surface area contributed by atoms with Gasteiger partial charge in [-0.25, -0.2) is 0 Å². The second-order valence-electron chi connectivity index (χ2n) is 14.4. The molecule has 0 spiro atoms. The molecule has 0 saturated carbocycles. The molecule has 0 aromatic heterocycles. The minimum atomic E-state index is -0.0821. The second-order valence-corrected chi connectivity index (χ2v) is 14.4. The molecule has 0 nitrogen and oxygen atoms in total. The molecule has 0 fully saturated rings. The molecule has 41 heavy (non-hydrogen) atoms. The Labute approximate surface area is 247 Å². The van der Waals surface area contributed by atoms with E-state index in [1.54, 1.807) is 0 Å². The Bertz CT molecular complexity index is 1680. The van der Waals surface area contributed by atoms with Crippen molar-refractivity contribution in [2.45, 2.75) is 71.6 Å². The highest BCUT2D eigenvalue weighted by atomic mass is 14.4. The van der Waals surface area contributed by atoms with Gasteiger partial charge in [0.1, 0.15) is 0 Å². The van der Waals surface area contributed by atoms with Gasteiger partial charge in [-0.15, -0.1) is 0 Å². The van der Waals surface area contributed by atoms with Crippen molar-refractivity contribution in [2.75, 3.05) is 0 Å². The summed E-state index contributed by atoms with van der Waals surface area (Å²) in [5.74, 6) is 0. The van der Waals surface area contributed by atoms with E-state index >= 15 is 0 Å². The molecule has 0 unspecified atom stereocenters. The zero-order valence-corrected chi connectivity index (χ0v) is 25.9. The highest BCUT2D eigenvalue weighted by Crippen LogP contribution is 2.54. The van der Waals surface area contributed by atoms with E-state index in [0.717, 1.165) is 0 Å². The zero-order valence-electron chi connectivity index (χ0n) is 25.9. The quantitative estimate of drug-likeness (QED) is 0.216. The lowest BCUT2D eigenvalue weighted by atomic mass is 9.76. The first-order chi connectivity index (χ1) is 19.3. The number of rotatable bonds is 3. The normalized spacial score (nSPS) is 14.0. The van der Waals surface area contributed by atoms with Crippen LogP contribution >= 0.6 is 0 Å². The first-order valence-electron chi connectivity index (χ1n) is 14.9. The van der Waals surface area contributed by atoms with Gasteiger partial charge in [0.2, 0.25) is 0 Å². The smallest absolute Gasteiger partial charge is 0.0159 e. The molecule has 0 N–H and O–H groups in total. The molecule has 0 saturated heterocycles. The van der Waals surface area contributed by atoms with Gasteiger partial charge in [-0.2, -0.15) is 0 Å². The fraction of sp³-hybridized carbons (Fsp3) is 0.268. The van der Waals surface area contributed by atoms with E-state index in [1.165, 1.54) is 66.8 Å². The molecule has 0 radical (unpaired) electrons. The van der Waals surface area contributed by atoms with E-state index < -0.39 is 0 Å². The summed E-state index contributed by atoms with van der Waals surface area (Å²) in [7, 11) is 0. The first kappa shape index (κ1) is 27.3. The van der Waals surface area contributed by atoms with Gasteiger partial charge >= 0.3 is 0 Å². The van der Waals surface area contributed by atoms with Gasteiger partial charge < -0.3 is 0 Å². The van der Waals surface area contributed by atoms with Crippen LogP contribution in [0.15, 0.2) is 109 Å². The molecule has 6 rings (SSSR count). The Morgan fingerprint density at radius 2 is 0.902 bits per heavy atom. The second kappa shape index (κ2) is 9.59. The maximum absolute atomic E-state index is 2.49. The average Bonchev–Trinajstić information content (AvgIpc) is 3.18. The van der Waals surface area contributed by atoms with Crippen LogP contribution in [-0.2, 0) is 16.2 Å². The largest absolute Gasteiger partial charge is 0.0622 e. The van der Waals surface area contributed by atoms with E-state index in [0.29, 0.717) is 0 Å². The third kappa shape index (κ3) is 4.84. The Morgan fingerprint density at radius 1 is 0.415 bits per heavy atom. The Hall–Kier alpha value is -3.90. The molecule has 206 valence electrons. The minimum Gasteiger partial charge on any atom is -0.0622 e. The van der Waals surface area contributed by atoms with Crippen LogP contribution in [0.3, 0.4) is 0 Å². The van der Waals surface area contributed by atoms with E-state index in [-0.39, 0.29) is 16.2 Å². The van der Waals surface area contributed by atoms with E-state index in [4.69, 9.17) is 0 Å². The van der Waals surface area contributed by atoms with Gasteiger partial charge in [0.25, 0.3) is 0 Å². The van der Waals surface area contributed by atoms with Crippen LogP contribution in [0.5, 0.6) is 0 Å². The summed E-state index contributed by atoms with van der Waals surface area (Å²) in [5, 5.41) is 0. The molecule has 0 atom stereocenters. The predicted molar refractivity (Wildman–Crippen MR) is 178 cm³/mol. The lowest BCUT2D eigenvalue weighted by molar-refractivity contribution is 0.580.